The van der Waals surface area contributed by atoms with Crippen molar-refractivity contribution in [2.75, 3.05) is 50.2 Å². The Kier molecular flexibility index (Phi) is 9.52. The summed E-state index contributed by atoms with van der Waals surface area (Å²) >= 11 is 0. The van der Waals surface area contributed by atoms with Crippen LogP contribution in [0.2, 0.25) is 0 Å². The number of nitrogens with zero attached hydrogens (tertiary/aromatic N) is 3. The minimum absolute atomic E-state index is 0.0390. The van der Waals surface area contributed by atoms with Crippen molar-refractivity contribution < 1.29 is 23.8 Å². The molecule has 0 spiro atoms. The Bertz CT molecular complexity index is 1250. The van der Waals surface area contributed by atoms with Crippen molar-refractivity contribution in [2.24, 2.45) is 5.73 Å². The molecule has 0 bridgehead atoms. The van der Waals surface area contributed by atoms with E-state index in [1.54, 1.807) is 31.4 Å². The van der Waals surface area contributed by atoms with E-state index in [2.05, 4.69) is 20.6 Å². The van der Waals surface area contributed by atoms with Gasteiger partial charge in [0.1, 0.15) is 23.9 Å². The summed E-state index contributed by atoms with van der Waals surface area (Å²) in [5, 5.41) is 6.25. The maximum absolute atomic E-state index is 12.8. The van der Waals surface area contributed by atoms with E-state index in [1.807, 2.05) is 36.1 Å². The van der Waals surface area contributed by atoms with Gasteiger partial charge in [0.2, 0.25) is 0 Å². The first-order valence-electron chi connectivity index (χ1n) is 12.9. The minimum atomic E-state index is -0.685. The predicted molar refractivity (Wildman–Crippen MR) is 148 cm³/mol. The number of primary amides is 1. The van der Waals surface area contributed by atoms with Gasteiger partial charge < -0.3 is 35.5 Å². The first-order chi connectivity index (χ1) is 19.0. The zero-order valence-corrected chi connectivity index (χ0v) is 22.2. The Morgan fingerprint density at radius 3 is 2.51 bits per heavy atom. The highest BCUT2D eigenvalue weighted by atomic mass is 16.5. The summed E-state index contributed by atoms with van der Waals surface area (Å²) in [7, 11) is 1.59. The zero-order chi connectivity index (χ0) is 27.6. The van der Waals surface area contributed by atoms with Crippen molar-refractivity contribution in [1.29, 1.82) is 0 Å². The number of carbonyl (C=O) groups excluding carboxylic acids is 2. The van der Waals surface area contributed by atoms with Crippen LogP contribution in [0, 0.1) is 0 Å². The molecular formula is C28H34N6O5. The molecular weight excluding hydrogens is 500 g/mol. The topological polar surface area (TPSA) is 141 Å². The molecule has 2 amide bonds. The molecule has 4 rings (SSSR count). The number of piperidine rings is 1. The second-order valence-electron chi connectivity index (χ2n) is 8.97. The van der Waals surface area contributed by atoms with Crippen LogP contribution in [-0.2, 0) is 4.74 Å². The Labute approximate surface area is 227 Å². The molecule has 11 heteroatoms. The standard InChI is InChI=1S/C28H34N6O5/c1-3-38-15-16-39-23-12-8-20(9-13-23)31-27-25(26(29)35)30-17-24(33-27)34-14-4-5-21(18-34)32-28(36)19-6-10-22(37-2)11-7-19/h6-13,17,21H,3-5,14-16,18H2,1-2H3,(H2,29,35)(H,31,33)(H,32,36). The fraction of sp³-hybridized carbons (Fsp3) is 0.357. The van der Waals surface area contributed by atoms with Gasteiger partial charge in [0.15, 0.2) is 11.5 Å². The van der Waals surface area contributed by atoms with Gasteiger partial charge in [0.05, 0.1) is 19.9 Å². The molecule has 0 radical (unpaired) electrons. The number of hydrogen-bond acceptors (Lipinski definition) is 9. The first kappa shape index (κ1) is 27.6. The summed E-state index contributed by atoms with van der Waals surface area (Å²) in [5.41, 5.74) is 6.87. The molecule has 1 fully saturated rings. The lowest BCUT2D eigenvalue weighted by Gasteiger charge is -2.34. The third-order valence-corrected chi connectivity index (χ3v) is 6.24. The molecule has 4 N–H and O–H groups in total. The van der Waals surface area contributed by atoms with Crippen molar-refractivity contribution in [3.63, 3.8) is 0 Å². The number of amides is 2. The number of rotatable bonds is 12. The van der Waals surface area contributed by atoms with E-state index in [9.17, 15) is 9.59 Å². The monoisotopic (exact) mass is 534 g/mol. The lowest BCUT2D eigenvalue weighted by atomic mass is 10.0. The first-order valence-corrected chi connectivity index (χ1v) is 12.9. The number of aromatic nitrogens is 2. The Hall–Kier alpha value is -4.38. The predicted octanol–water partition coefficient (Wildman–Crippen LogP) is 3.14. The number of methoxy groups -OCH3 is 1. The molecule has 3 aromatic rings. The molecule has 39 heavy (non-hydrogen) atoms. The Balaban J connectivity index is 1.42. The maximum Gasteiger partial charge on any atom is 0.271 e. The molecule has 1 atom stereocenters. The summed E-state index contributed by atoms with van der Waals surface area (Å²) in [5.74, 6) is 1.41. The third-order valence-electron chi connectivity index (χ3n) is 6.24. The Morgan fingerprint density at radius 2 is 1.82 bits per heavy atom. The van der Waals surface area contributed by atoms with Crippen LogP contribution in [0.3, 0.4) is 0 Å². The number of benzene rings is 2. The fourth-order valence-corrected chi connectivity index (χ4v) is 4.25. The molecule has 0 saturated carbocycles. The van der Waals surface area contributed by atoms with Gasteiger partial charge in [-0.15, -0.1) is 0 Å². The van der Waals surface area contributed by atoms with E-state index in [0.717, 1.165) is 19.4 Å². The van der Waals surface area contributed by atoms with Crippen LogP contribution in [0.5, 0.6) is 11.5 Å². The quantitative estimate of drug-likeness (QED) is 0.299. The highest BCUT2D eigenvalue weighted by molar-refractivity contribution is 5.96. The normalized spacial score (nSPS) is 14.9. The summed E-state index contributed by atoms with van der Waals surface area (Å²) in [4.78, 5) is 35.8. The van der Waals surface area contributed by atoms with Gasteiger partial charge in [-0.3, -0.25) is 9.59 Å². The molecule has 1 saturated heterocycles. The number of nitrogens with two attached hydrogens (primary N) is 1. The molecule has 2 aromatic carbocycles. The molecule has 1 unspecified atom stereocenters. The fourth-order valence-electron chi connectivity index (χ4n) is 4.25. The van der Waals surface area contributed by atoms with E-state index < -0.39 is 5.91 Å². The second-order valence-corrected chi connectivity index (χ2v) is 8.97. The second kappa shape index (κ2) is 13.4. The molecule has 11 nitrogen and oxygen atoms in total. The molecule has 1 aromatic heterocycles. The lowest BCUT2D eigenvalue weighted by Crippen LogP contribution is -2.48. The van der Waals surface area contributed by atoms with E-state index in [0.29, 0.717) is 54.9 Å². The van der Waals surface area contributed by atoms with Gasteiger partial charge >= 0.3 is 0 Å². The zero-order valence-electron chi connectivity index (χ0n) is 22.2. The van der Waals surface area contributed by atoms with Crippen LogP contribution in [0.1, 0.15) is 40.6 Å². The van der Waals surface area contributed by atoms with Crippen molar-refractivity contribution in [1.82, 2.24) is 15.3 Å². The molecule has 1 aliphatic rings. The molecule has 0 aliphatic carbocycles. The van der Waals surface area contributed by atoms with E-state index in [-0.39, 0.29) is 23.5 Å². The Morgan fingerprint density at radius 1 is 1.08 bits per heavy atom. The van der Waals surface area contributed by atoms with Crippen LogP contribution in [0.25, 0.3) is 0 Å². The van der Waals surface area contributed by atoms with Crippen LogP contribution < -0.4 is 30.7 Å². The van der Waals surface area contributed by atoms with Crippen molar-refractivity contribution in [2.45, 2.75) is 25.8 Å². The minimum Gasteiger partial charge on any atom is -0.497 e. The highest BCUT2D eigenvalue weighted by Crippen LogP contribution is 2.25. The number of ether oxygens (including phenoxy) is 3. The molecule has 206 valence electrons. The van der Waals surface area contributed by atoms with Gasteiger partial charge in [-0.25, -0.2) is 9.97 Å². The number of carbonyl (C=O) groups is 2. The summed E-state index contributed by atoms with van der Waals surface area (Å²) in [6, 6.07) is 14.2. The van der Waals surface area contributed by atoms with Gasteiger partial charge in [-0.2, -0.15) is 0 Å². The van der Waals surface area contributed by atoms with Crippen molar-refractivity contribution in [3.8, 4) is 11.5 Å². The van der Waals surface area contributed by atoms with E-state index >= 15 is 0 Å². The maximum atomic E-state index is 12.8. The third kappa shape index (κ3) is 7.57. The molecule has 1 aliphatic heterocycles. The summed E-state index contributed by atoms with van der Waals surface area (Å²) in [6.07, 6.45) is 3.24. The van der Waals surface area contributed by atoms with Crippen LogP contribution in [-0.4, -0.2) is 67.8 Å². The van der Waals surface area contributed by atoms with Gasteiger partial charge in [0.25, 0.3) is 11.8 Å². The summed E-state index contributed by atoms with van der Waals surface area (Å²) in [6.45, 7) is 4.85. The van der Waals surface area contributed by atoms with Crippen LogP contribution in [0.4, 0.5) is 17.3 Å². The summed E-state index contributed by atoms with van der Waals surface area (Å²) < 4.78 is 16.1. The van der Waals surface area contributed by atoms with Crippen molar-refractivity contribution in [3.05, 3.63) is 66.0 Å². The number of anilines is 3. The number of nitrogens with one attached hydrogen (secondary N) is 2. The average molecular weight is 535 g/mol. The SMILES string of the molecule is CCOCCOc1ccc(Nc2nc(N3CCCC(NC(=O)c4ccc(OC)cc4)C3)cnc2C(N)=O)cc1. The van der Waals surface area contributed by atoms with Gasteiger partial charge in [-0.05, 0) is 68.3 Å². The van der Waals surface area contributed by atoms with E-state index in [1.165, 1.54) is 6.20 Å². The van der Waals surface area contributed by atoms with Crippen LogP contribution >= 0.6 is 0 Å². The number of hydrogen-bond donors (Lipinski definition) is 3. The largest absolute Gasteiger partial charge is 0.497 e. The highest BCUT2D eigenvalue weighted by Gasteiger charge is 2.24. The average Bonchev–Trinajstić information content (AvgIpc) is 2.96. The van der Waals surface area contributed by atoms with Crippen LogP contribution in [0.15, 0.2) is 54.7 Å². The van der Waals surface area contributed by atoms with Gasteiger partial charge in [0, 0.05) is 37.0 Å². The van der Waals surface area contributed by atoms with Gasteiger partial charge in [-0.1, -0.05) is 0 Å². The van der Waals surface area contributed by atoms with E-state index in [4.69, 9.17) is 19.9 Å². The van der Waals surface area contributed by atoms with Crippen molar-refractivity contribution >= 4 is 29.1 Å². The molecule has 2 heterocycles. The lowest BCUT2D eigenvalue weighted by molar-refractivity contribution is 0.0931. The smallest absolute Gasteiger partial charge is 0.271 e.